The summed E-state index contributed by atoms with van der Waals surface area (Å²) < 4.78 is 9.55. The molecule has 0 aliphatic heterocycles. The molecule has 0 aliphatic rings. The van der Waals surface area contributed by atoms with Gasteiger partial charge in [-0.05, 0) is 0 Å². The van der Waals surface area contributed by atoms with E-state index in [-0.39, 0.29) is 17.4 Å². The molecule has 0 aromatic carbocycles. The van der Waals surface area contributed by atoms with Crippen LogP contribution >= 0.6 is 7.59 Å². The van der Waals surface area contributed by atoms with Crippen molar-refractivity contribution >= 4 is 25.0 Å². The Labute approximate surface area is 46.7 Å². The molecule has 6 N–H and O–H groups in total. The lowest BCUT2D eigenvalue weighted by molar-refractivity contribution is 0.577. The van der Waals surface area contributed by atoms with Crippen LogP contribution in [0.1, 0.15) is 0 Å². The second-order valence-electron chi connectivity index (χ2n) is 0.763. The van der Waals surface area contributed by atoms with Gasteiger partial charge in [0.1, 0.15) is 0 Å². The van der Waals surface area contributed by atoms with Crippen LogP contribution in [-0.2, 0) is 4.57 Å². The predicted molar refractivity (Wildman–Crippen MR) is 30.1 cm³/mol. The van der Waals surface area contributed by atoms with Crippen LogP contribution in [-0.4, -0.2) is 17.4 Å². The largest absolute Gasteiger partial charge is 0.272 e. The van der Waals surface area contributed by atoms with Crippen LogP contribution in [0.25, 0.3) is 0 Å². The highest BCUT2D eigenvalue weighted by Gasteiger charge is 1.90. The van der Waals surface area contributed by atoms with E-state index in [0.717, 1.165) is 0 Å². The molecule has 0 aliphatic carbocycles. The summed E-state index contributed by atoms with van der Waals surface area (Å²) in [6.07, 6.45) is 0. The zero-order chi connectivity index (χ0) is 4.50. The molecule has 0 rings (SSSR count). The molecule has 0 spiro atoms. The van der Waals surface area contributed by atoms with Gasteiger partial charge in [0.05, 0.1) is 0 Å². The molecule has 0 bridgehead atoms. The lowest BCUT2D eigenvalue weighted by Crippen LogP contribution is -2.12. The molecule has 0 aromatic rings. The topological polar surface area (TPSA) is 95.1 Å². The van der Waals surface area contributed by atoms with E-state index in [9.17, 15) is 4.57 Å². The highest BCUT2D eigenvalue weighted by Crippen LogP contribution is 2.06. The fraction of sp³-hybridized carbons (Fsp3) is 0. The first-order valence-electron chi connectivity index (χ1n) is 0.957. The van der Waals surface area contributed by atoms with Gasteiger partial charge in [-0.1, -0.05) is 0 Å². The molecular weight excluding hydrogens is 116 g/mol. The molecular formula is H9AlN3OP. The van der Waals surface area contributed by atoms with Gasteiger partial charge >= 0.3 is 0 Å². The van der Waals surface area contributed by atoms with Gasteiger partial charge in [0.25, 0.3) is 7.59 Å². The van der Waals surface area contributed by atoms with Gasteiger partial charge in [-0.2, -0.15) is 0 Å². The average molecular weight is 125 g/mol. The van der Waals surface area contributed by atoms with E-state index >= 15 is 0 Å². The monoisotopic (exact) mass is 125 g/mol. The maximum atomic E-state index is 9.55. The van der Waals surface area contributed by atoms with Crippen molar-refractivity contribution in [1.29, 1.82) is 0 Å². The van der Waals surface area contributed by atoms with E-state index in [2.05, 4.69) is 16.5 Å². The Balaban J connectivity index is 0. The van der Waals surface area contributed by atoms with Gasteiger partial charge in [-0.3, -0.25) is 21.1 Å². The van der Waals surface area contributed by atoms with Crippen LogP contribution in [0.4, 0.5) is 0 Å². The third-order valence-corrected chi connectivity index (χ3v) is 0. The first-order chi connectivity index (χ1) is 2.00. The summed E-state index contributed by atoms with van der Waals surface area (Å²) in [6, 6.07) is 0. The summed E-state index contributed by atoms with van der Waals surface area (Å²) in [5.41, 5.74) is 13.4. The third kappa shape index (κ3) is 149. The maximum Gasteiger partial charge on any atom is 0.271 e. The molecule has 4 nitrogen and oxygen atoms in total. The fourth-order valence-electron chi connectivity index (χ4n) is 0. The molecule has 6 heteroatoms. The van der Waals surface area contributed by atoms with Gasteiger partial charge in [-0.15, -0.1) is 0 Å². The van der Waals surface area contributed by atoms with Gasteiger partial charge < -0.3 is 0 Å². The van der Waals surface area contributed by atoms with Crippen LogP contribution in [0.5, 0.6) is 0 Å². The standard InChI is InChI=1S/Al.H6N3OP.3H/c;1-5(2,3)4;;;/h;(H6,1,2,3,4);;;. The fourth-order valence-corrected chi connectivity index (χ4v) is 0. The Morgan fingerprint density at radius 2 is 1.17 bits per heavy atom. The summed E-state index contributed by atoms with van der Waals surface area (Å²) in [5, 5.41) is 0. The van der Waals surface area contributed by atoms with Crippen LogP contribution in [0, 0.1) is 0 Å². The number of rotatable bonds is 0. The van der Waals surface area contributed by atoms with E-state index in [0.29, 0.717) is 0 Å². The van der Waals surface area contributed by atoms with Crippen molar-refractivity contribution in [3.63, 3.8) is 0 Å². The quantitative estimate of drug-likeness (QED) is 0.252. The summed E-state index contributed by atoms with van der Waals surface area (Å²) >= 11 is 0. The smallest absolute Gasteiger partial charge is 0.271 e. The Morgan fingerprint density at radius 3 is 1.17 bits per heavy atom. The number of hydrogen-bond acceptors (Lipinski definition) is 1. The van der Waals surface area contributed by atoms with Gasteiger partial charge in [-0.25, -0.2) is 0 Å². The SMILES string of the molecule is NP(N)(N)=O.[AlH3]. The third-order valence-electron chi connectivity index (χ3n) is 0. The van der Waals surface area contributed by atoms with Crippen LogP contribution in [0.2, 0.25) is 0 Å². The summed E-state index contributed by atoms with van der Waals surface area (Å²) in [5.74, 6) is 0. The first kappa shape index (κ1) is 9.81. The van der Waals surface area contributed by atoms with Crippen LogP contribution in [0.15, 0.2) is 0 Å². The highest BCUT2D eigenvalue weighted by atomic mass is 31.2. The van der Waals surface area contributed by atoms with Crippen molar-refractivity contribution < 1.29 is 4.57 Å². The summed E-state index contributed by atoms with van der Waals surface area (Å²) in [4.78, 5) is 0. The number of hydrogen-bond donors (Lipinski definition) is 3. The van der Waals surface area contributed by atoms with Gasteiger partial charge in [0.2, 0.25) is 0 Å². The van der Waals surface area contributed by atoms with E-state index < -0.39 is 7.59 Å². The average Bonchev–Trinajstić information content (AvgIpc) is 0.722. The molecule has 0 saturated carbocycles. The normalized spacial score (nSPS) is 9.83. The minimum Gasteiger partial charge on any atom is -0.272 e. The summed E-state index contributed by atoms with van der Waals surface area (Å²) in [6.45, 7) is 0. The van der Waals surface area contributed by atoms with Crippen molar-refractivity contribution in [2.24, 2.45) is 16.5 Å². The Hall–Kier alpha value is 0.642. The minimum atomic E-state index is -3.14. The van der Waals surface area contributed by atoms with Crippen molar-refractivity contribution in [2.45, 2.75) is 0 Å². The lowest BCUT2D eigenvalue weighted by atomic mass is 13.8. The zero-order valence-electron chi connectivity index (χ0n) is 2.59. The molecule has 38 valence electrons. The Bertz CT molecular complexity index is 56.9. The van der Waals surface area contributed by atoms with Gasteiger partial charge in [0.15, 0.2) is 17.4 Å². The molecule has 0 radical (unpaired) electrons. The molecule has 0 amide bonds. The maximum absolute atomic E-state index is 9.55. The van der Waals surface area contributed by atoms with Crippen molar-refractivity contribution in [1.82, 2.24) is 0 Å². The Morgan fingerprint density at radius 1 is 1.17 bits per heavy atom. The Kier molecular flexibility index (Phi) is 4.51. The van der Waals surface area contributed by atoms with Crippen LogP contribution in [0.3, 0.4) is 0 Å². The van der Waals surface area contributed by atoms with Crippen molar-refractivity contribution in [2.75, 3.05) is 0 Å². The number of nitrogens with two attached hydrogens (primary N) is 3. The van der Waals surface area contributed by atoms with E-state index in [1.807, 2.05) is 0 Å². The highest BCUT2D eigenvalue weighted by molar-refractivity contribution is 7.56. The van der Waals surface area contributed by atoms with E-state index in [4.69, 9.17) is 0 Å². The molecule has 0 atom stereocenters. The molecule has 6 heavy (non-hydrogen) atoms. The molecule has 0 unspecified atom stereocenters. The lowest BCUT2D eigenvalue weighted by Gasteiger charge is -1.88. The molecule has 0 aromatic heterocycles. The second-order valence-corrected chi connectivity index (χ2v) is 2.29. The van der Waals surface area contributed by atoms with E-state index in [1.54, 1.807) is 0 Å². The predicted octanol–water partition coefficient (Wildman–Crippen LogP) is -2.21. The molecule has 0 fully saturated rings. The summed E-state index contributed by atoms with van der Waals surface area (Å²) in [7, 11) is -3.14. The van der Waals surface area contributed by atoms with E-state index in [1.165, 1.54) is 0 Å². The second kappa shape index (κ2) is 2.76. The van der Waals surface area contributed by atoms with Crippen molar-refractivity contribution in [3.8, 4) is 0 Å². The minimum absolute atomic E-state index is 0. The molecule has 0 saturated heterocycles. The first-order valence-corrected chi connectivity index (χ1v) is 2.87. The van der Waals surface area contributed by atoms with Gasteiger partial charge in [0, 0.05) is 0 Å². The molecule has 0 heterocycles. The van der Waals surface area contributed by atoms with Crippen LogP contribution < -0.4 is 16.5 Å². The zero-order valence-corrected chi connectivity index (χ0v) is 3.48. The van der Waals surface area contributed by atoms with Crippen molar-refractivity contribution in [3.05, 3.63) is 0 Å².